The smallest absolute Gasteiger partial charge is 0.0937 e. The van der Waals surface area contributed by atoms with Gasteiger partial charge in [0, 0.05) is 18.8 Å². The Balaban J connectivity index is 3.41. The zero-order valence-electron chi connectivity index (χ0n) is 6.89. The van der Waals surface area contributed by atoms with E-state index in [0.717, 1.165) is 13.1 Å². The molecular weight excluding hydrogens is 148 g/mol. The van der Waals surface area contributed by atoms with Crippen molar-refractivity contribution in [2.45, 2.75) is 6.92 Å². The minimum Gasteiger partial charge on any atom is -0.318 e. The van der Waals surface area contributed by atoms with Crippen LogP contribution in [-0.4, -0.2) is 41.5 Å². The summed E-state index contributed by atoms with van der Waals surface area (Å²) in [5.74, 6) is 0.709. The van der Waals surface area contributed by atoms with Crippen LogP contribution in [0.2, 0.25) is 0 Å². The highest BCUT2D eigenvalue weighted by molar-refractivity contribution is 7.82. The molecule has 0 bridgehead atoms. The van der Waals surface area contributed by atoms with Crippen LogP contribution in [0.25, 0.3) is 0 Å². The summed E-state index contributed by atoms with van der Waals surface area (Å²) >= 11 is 0. The van der Waals surface area contributed by atoms with Gasteiger partial charge in [0.25, 0.3) is 0 Å². The minimum atomic E-state index is -0.780. The van der Waals surface area contributed by atoms with E-state index in [-0.39, 0.29) is 0 Å². The number of rotatable bonds is 5. The van der Waals surface area contributed by atoms with Crippen molar-refractivity contribution in [2.24, 2.45) is 0 Å². The Kier molecular flexibility index (Phi) is 5.87. The number of nitrogens with one attached hydrogen (secondary N) is 1. The first-order chi connectivity index (χ1) is 4.72. The van der Waals surface area contributed by atoms with Crippen LogP contribution in [0.5, 0.6) is 0 Å². The summed E-state index contributed by atoms with van der Waals surface area (Å²) < 4.78 is 12.9. The lowest BCUT2D eigenvalue weighted by Gasteiger charge is -2.13. The molecule has 0 radical (unpaired) electrons. The van der Waals surface area contributed by atoms with Gasteiger partial charge in [-0.1, -0.05) is 6.92 Å². The molecule has 0 saturated carbocycles. The van der Waals surface area contributed by atoms with E-state index in [9.17, 15) is 4.21 Å². The average Bonchev–Trinajstić information content (AvgIpc) is 1.98. The van der Waals surface area contributed by atoms with Crippen LogP contribution < -0.4 is 5.32 Å². The summed E-state index contributed by atoms with van der Waals surface area (Å²) in [5.41, 5.74) is 0. The van der Waals surface area contributed by atoms with Gasteiger partial charge in [0.15, 0.2) is 0 Å². The molecule has 0 aromatic heterocycles. The molecule has 1 atom stereocenters. The quantitative estimate of drug-likeness (QED) is 0.611. The summed E-state index contributed by atoms with van der Waals surface area (Å²) in [7, 11) is 2.98. The third-order valence-electron chi connectivity index (χ3n) is 1.27. The molecule has 4 heteroatoms. The topological polar surface area (TPSA) is 32.3 Å². The van der Waals surface area contributed by atoms with Gasteiger partial charge in [-0.05, 0) is 14.1 Å². The van der Waals surface area contributed by atoms with Gasteiger partial charge < -0.3 is 5.32 Å². The molecular formula is C6H16N2OS. The lowest BCUT2D eigenvalue weighted by Crippen LogP contribution is -2.29. The summed E-state index contributed by atoms with van der Waals surface area (Å²) in [4.78, 5) is 0. The van der Waals surface area contributed by atoms with Crippen molar-refractivity contribution in [1.82, 2.24) is 9.62 Å². The van der Waals surface area contributed by atoms with Gasteiger partial charge >= 0.3 is 0 Å². The van der Waals surface area contributed by atoms with Crippen molar-refractivity contribution in [3.8, 4) is 0 Å². The second-order valence-corrected chi connectivity index (χ2v) is 3.91. The fraction of sp³-hybridized carbons (Fsp3) is 1.00. The van der Waals surface area contributed by atoms with Crippen molar-refractivity contribution in [2.75, 3.05) is 32.9 Å². The lowest BCUT2D eigenvalue weighted by atomic mass is 10.6. The number of nitrogens with zero attached hydrogens (tertiary/aromatic N) is 1. The first-order valence-electron chi connectivity index (χ1n) is 3.46. The number of likely N-dealkylation sites (N-methyl/N-ethyl adjacent to an activating group) is 2. The zero-order valence-corrected chi connectivity index (χ0v) is 7.70. The SMILES string of the molecule is CCS(=O)N(C)CCNC. The van der Waals surface area contributed by atoms with Crippen LogP contribution in [0.4, 0.5) is 0 Å². The normalized spacial score (nSPS) is 14.0. The summed E-state index contributed by atoms with van der Waals surface area (Å²) in [6.45, 7) is 3.66. The molecule has 10 heavy (non-hydrogen) atoms. The standard InChI is InChI=1S/C6H16N2OS/c1-4-10(9)8(3)6-5-7-2/h7H,4-6H2,1-3H3. The van der Waals surface area contributed by atoms with E-state index in [4.69, 9.17) is 0 Å². The maximum atomic E-state index is 11.0. The Labute approximate surface area is 65.4 Å². The molecule has 0 heterocycles. The highest BCUT2D eigenvalue weighted by Gasteiger charge is 2.02. The van der Waals surface area contributed by atoms with Gasteiger partial charge in [-0.2, -0.15) is 0 Å². The molecule has 62 valence electrons. The molecule has 0 aliphatic heterocycles. The molecule has 0 aliphatic rings. The van der Waals surface area contributed by atoms with Crippen molar-refractivity contribution >= 4 is 11.0 Å². The monoisotopic (exact) mass is 164 g/mol. The minimum absolute atomic E-state index is 0.709. The molecule has 0 amide bonds. The van der Waals surface area contributed by atoms with E-state index in [1.807, 2.05) is 25.3 Å². The largest absolute Gasteiger partial charge is 0.318 e. The highest BCUT2D eigenvalue weighted by atomic mass is 32.2. The van der Waals surface area contributed by atoms with E-state index >= 15 is 0 Å². The maximum Gasteiger partial charge on any atom is 0.0937 e. The third kappa shape index (κ3) is 3.98. The van der Waals surface area contributed by atoms with Gasteiger partial charge in [-0.3, -0.25) is 0 Å². The number of hydrogen-bond acceptors (Lipinski definition) is 2. The van der Waals surface area contributed by atoms with Crippen LogP contribution in [0.15, 0.2) is 0 Å². The van der Waals surface area contributed by atoms with Gasteiger partial charge in [-0.25, -0.2) is 8.51 Å². The Hall–Kier alpha value is 0.0700. The zero-order chi connectivity index (χ0) is 7.98. The molecule has 0 saturated heterocycles. The van der Waals surface area contributed by atoms with Gasteiger partial charge in [0.05, 0.1) is 11.0 Å². The predicted molar refractivity (Wildman–Crippen MR) is 45.2 cm³/mol. The fourth-order valence-corrected chi connectivity index (χ4v) is 1.33. The molecule has 1 N–H and O–H groups in total. The van der Waals surface area contributed by atoms with E-state index < -0.39 is 11.0 Å². The second kappa shape index (κ2) is 5.82. The third-order valence-corrected chi connectivity index (χ3v) is 2.64. The number of hydrogen-bond donors (Lipinski definition) is 1. The molecule has 0 aliphatic carbocycles. The Bertz CT molecular complexity index is 108. The van der Waals surface area contributed by atoms with Crippen LogP contribution in [0, 0.1) is 0 Å². The lowest BCUT2D eigenvalue weighted by molar-refractivity contribution is 0.514. The molecule has 1 unspecified atom stereocenters. The van der Waals surface area contributed by atoms with Crippen LogP contribution in [0.1, 0.15) is 6.92 Å². The second-order valence-electron chi connectivity index (χ2n) is 2.07. The van der Waals surface area contributed by atoms with E-state index in [1.54, 1.807) is 0 Å². The van der Waals surface area contributed by atoms with Crippen molar-refractivity contribution in [3.05, 3.63) is 0 Å². The fourth-order valence-electron chi connectivity index (χ4n) is 0.591. The van der Waals surface area contributed by atoms with E-state index in [0.29, 0.717) is 5.75 Å². The predicted octanol–water partition coefficient (Wildman–Crippen LogP) is -0.179. The van der Waals surface area contributed by atoms with Gasteiger partial charge in [0.1, 0.15) is 0 Å². The van der Waals surface area contributed by atoms with Crippen LogP contribution >= 0.6 is 0 Å². The molecule has 0 fully saturated rings. The van der Waals surface area contributed by atoms with Crippen molar-refractivity contribution in [1.29, 1.82) is 0 Å². The Morgan fingerprint density at radius 1 is 1.60 bits per heavy atom. The Morgan fingerprint density at radius 2 is 2.20 bits per heavy atom. The molecule has 3 nitrogen and oxygen atoms in total. The maximum absolute atomic E-state index is 11.0. The summed E-state index contributed by atoms with van der Waals surface area (Å²) in [6.07, 6.45) is 0. The van der Waals surface area contributed by atoms with Crippen LogP contribution in [0.3, 0.4) is 0 Å². The van der Waals surface area contributed by atoms with Gasteiger partial charge in [-0.15, -0.1) is 0 Å². The van der Waals surface area contributed by atoms with Crippen molar-refractivity contribution < 1.29 is 4.21 Å². The summed E-state index contributed by atoms with van der Waals surface area (Å²) in [6, 6.07) is 0. The first-order valence-corrected chi connectivity index (χ1v) is 4.74. The molecule has 0 aromatic rings. The van der Waals surface area contributed by atoms with Crippen molar-refractivity contribution in [3.63, 3.8) is 0 Å². The van der Waals surface area contributed by atoms with E-state index in [1.165, 1.54) is 0 Å². The summed E-state index contributed by atoms with van der Waals surface area (Å²) in [5, 5.41) is 3.00. The van der Waals surface area contributed by atoms with E-state index in [2.05, 4.69) is 5.32 Å². The average molecular weight is 164 g/mol. The van der Waals surface area contributed by atoms with Crippen LogP contribution in [-0.2, 0) is 11.0 Å². The first kappa shape index (κ1) is 10.1. The Morgan fingerprint density at radius 3 is 2.60 bits per heavy atom. The molecule has 0 rings (SSSR count). The molecule has 0 aromatic carbocycles. The van der Waals surface area contributed by atoms with Gasteiger partial charge in [0.2, 0.25) is 0 Å². The highest BCUT2D eigenvalue weighted by Crippen LogP contribution is 1.88. The molecule has 0 spiro atoms.